The maximum absolute atomic E-state index is 10.7. The Morgan fingerprint density at radius 1 is 1.11 bits per heavy atom. The van der Waals surface area contributed by atoms with E-state index in [2.05, 4.69) is 68.2 Å². The fraction of sp³-hybridized carbons (Fsp3) is 1.00. The lowest BCUT2D eigenvalue weighted by Crippen LogP contribution is -2.26. The standard InChI is InChI=1S/C9H16Br4ClO4P/c10-3-7(12)1-6(2-8(13)4-11)9(14)5-18-19(15,16)17/h6-9H,1-5H2,(H2,15,16,17). The van der Waals surface area contributed by atoms with Gasteiger partial charge < -0.3 is 9.79 Å². The van der Waals surface area contributed by atoms with Crippen molar-refractivity contribution in [1.82, 2.24) is 0 Å². The molecule has 0 radical (unpaired) electrons. The van der Waals surface area contributed by atoms with Crippen molar-refractivity contribution in [3.63, 3.8) is 0 Å². The highest BCUT2D eigenvalue weighted by Crippen LogP contribution is 2.38. The molecule has 10 heteroatoms. The van der Waals surface area contributed by atoms with Gasteiger partial charge in [0.05, 0.1) is 12.0 Å². The molecular formula is C9H16Br4ClO4P. The minimum Gasteiger partial charge on any atom is -0.303 e. The number of alkyl halides is 5. The van der Waals surface area contributed by atoms with Gasteiger partial charge in [0, 0.05) is 20.3 Å². The predicted octanol–water partition coefficient (Wildman–Crippen LogP) is 4.42. The van der Waals surface area contributed by atoms with Gasteiger partial charge in [0.25, 0.3) is 0 Å². The van der Waals surface area contributed by atoms with Gasteiger partial charge in [-0.3, -0.25) is 4.52 Å². The fourth-order valence-electron chi connectivity index (χ4n) is 1.48. The Bertz CT molecular complexity index is 281. The second-order valence-corrected chi connectivity index (χ2v) is 9.72. The summed E-state index contributed by atoms with van der Waals surface area (Å²) in [5.41, 5.74) is 0. The molecule has 19 heavy (non-hydrogen) atoms. The van der Waals surface area contributed by atoms with E-state index in [0.29, 0.717) is 0 Å². The van der Waals surface area contributed by atoms with Crippen molar-refractivity contribution in [3.05, 3.63) is 0 Å². The summed E-state index contributed by atoms with van der Waals surface area (Å²) in [4.78, 5) is 17.9. The first-order chi connectivity index (χ1) is 8.69. The molecule has 0 fully saturated rings. The van der Waals surface area contributed by atoms with E-state index >= 15 is 0 Å². The molecule has 0 aromatic rings. The van der Waals surface area contributed by atoms with Gasteiger partial charge >= 0.3 is 7.82 Å². The Balaban J connectivity index is 4.48. The van der Waals surface area contributed by atoms with E-state index in [1.165, 1.54) is 0 Å². The van der Waals surface area contributed by atoms with Crippen LogP contribution >= 0.6 is 83.1 Å². The molecule has 116 valence electrons. The summed E-state index contributed by atoms with van der Waals surface area (Å²) in [6, 6.07) is 0. The number of phosphoric ester groups is 1. The lowest BCUT2D eigenvalue weighted by Gasteiger charge is -2.25. The Morgan fingerprint density at radius 3 is 1.84 bits per heavy atom. The van der Waals surface area contributed by atoms with Gasteiger partial charge in [-0.05, 0) is 18.8 Å². The predicted molar refractivity (Wildman–Crippen MR) is 93.4 cm³/mol. The van der Waals surface area contributed by atoms with Gasteiger partial charge in [0.1, 0.15) is 0 Å². The minimum absolute atomic E-state index is 0.0806. The lowest BCUT2D eigenvalue weighted by molar-refractivity contribution is 0.184. The van der Waals surface area contributed by atoms with Crippen LogP contribution in [0.25, 0.3) is 0 Å². The van der Waals surface area contributed by atoms with Gasteiger partial charge in [-0.2, -0.15) is 0 Å². The molecule has 0 saturated carbocycles. The average molecular weight is 574 g/mol. The molecule has 3 unspecified atom stereocenters. The number of hydrogen-bond donors (Lipinski definition) is 2. The van der Waals surface area contributed by atoms with Crippen molar-refractivity contribution in [1.29, 1.82) is 0 Å². The van der Waals surface area contributed by atoms with Crippen molar-refractivity contribution in [3.8, 4) is 0 Å². The normalized spacial score (nSPS) is 18.9. The van der Waals surface area contributed by atoms with E-state index in [0.717, 1.165) is 23.5 Å². The van der Waals surface area contributed by atoms with E-state index in [1.54, 1.807) is 0 Å². The molecule has 0 aliphatic heterocycles. The third kappa shape index (κ3) is 11.5. The summed E-state index contributed by atoms with van der Waals surface area (Å²) >= 11 is 20.0. The van der Waals surface area contributed by atoms with Gasteiger partial charge in [-0.25, -0.2) is 4.57 Å². The molecule has 4 nitrogen and oxygen atoms in total. The number of rotatable bonds is 10. The van der Waals surface area contributed by atoms with Gasteiger partial charge in [-0.15, -0.1) is 11.6 Å². The Hall–Kier alpha value is 2.32. The van der Waals surface area contributed by atoms with Gasteiger partial charge in [-0.1, -0.05) is 63.7 Å². The summed E-state index contributed by atoms with van der Waals surface area (Å²) in [5, 5.41) is 1.12. The summed E-state index contributed by atoms with van der Waals surface area (Å²) in [7, 11) is -4.47. The van der Waals surface area contributed by atoms with Crippen molar-refractivity contribution in [2.24, 2.45) is 5.92 Å². The molecule has 0 aromatic heterocycles. The second kappa shape index (κ2) is 10.9. The molecule has 0 aromatic carbocycles. The zero-order valence-corrected chi connectivity index (χ0v) is 17.9. The van der Waals surface area contributed by atoms with Crippen molar-refractivity contribution < 1.29 is 18.9 Å². The van der Waals surface area contributed by atoms with Gasteiger partial charge in [0.15, 0.2) is 0 Å². The largest absolute Gasteiger partial charge is 0.469 e. The first kappa shape index (κ1) is 21.3. The topological polar surface area (TPSA) is 66.8 Å². The maximum Gasteiger partial charge on any atom is 0.469 e. The van der Waals surface area contributed by atoms with Crippen LogP contribution in [0.15, 0.2) is 0 Å². The summed E-state index contributed by atoms with van der Waals surface area (Å²) in [6.45, 7) is -0.166. The van der Waals surface area contributed by atoms with Crippen LogP contribution in [0.1, 0.15) is 12.8 Å². The van der Waals surface area contributed by atoms with Crippen molar-refractivity contribution in [2.45, 2.75) is 27.9 Å². The summed E-state index contributed by atoms with van der Waals surface area (Å²) < 4.78 is 15.2. The number of halogens is 5. The van der Waals surface area contributed by atoms with Crippen LogP contribution < -0.4 is 0 Å². The summed E-state index contributed by atoms with van der Waals surface area (Å²) in [6.07, 6.45) is 1.58. The minimum atomic E-state index is -4.47. The highest BCUT2D eigenvalue weighted by atomic mass is 79.9. The highest BCUT2D eigenvalue weighted by molar-refractivity contribution is 9.12. The Labute approximate surface area is 152 Å². The average Bonchev–Trinajstić information content (AvgIpc) is 2.33. The molecule has 0 spiro atoms. The first-order valence-corrected chi connectivity index (χ1v) is 11.5. The molecule has 0 aliphatic rings. The maximum atomic E-state index is 10.7. The van der Waals surface area contributed by atoms with Crippen LogP contribution in [-0.4, -0.2) is 42.1 Å². The third-order valence-electron chi connectivity index (χ3n) is 2.37. The highest BCUT2D eigenvalue weighted by Gasteiger charge is 2.27. The SMILES string of the molecule is O=P(O)(O)OCC(Cl)C(CC(Br)CBr)CC(Br)CBr. The number of phosphoric acid groups is 1. The van der Waals surface area contributed by atoms with E-state index in [1.807, 2.05) is 0 Å². The zero-order valence-electron chi connectivity index (χ0n) is 9.89. The van der Waals surface area contributed by atoms with Crippen LogP contribution in [0.2, 0.25) is 0 Å². The second-order valence-electron chi connectivity index (χ2n) is 4.04. The molecular weight excluding hydrogens is 558 g/mol. The van der Waals surface area contributed by atoms with E-state index in [4.69, 9.17) is 21.4 Å². The molecule has 2 N–H and O–H groups in total. The van der Waals surface area contributed by atoms with Crippen LogP contribution in [-0.2, 0) is 9.09 Å². The van der Waals surface area contributed by atoms with Crippen molar-refractivity contribution in [2.75, 3.05) is 17.3 Å². The van der Waals surface area contributed by atoms with Crippen molar-refractivity contribution >= 4 is 83.1 Å². The third-order valence-corrected chi connectivity index (χ3v) is 8.03. The van der Waals surface area contributed by atoms with E-state index in [-0.39, 0.29) is 22.2 Å². The van der Waals surface area contributed by atoms with Crippen LogP contribution in [0.4, 0.5) is 0 Å². The molecule has 0 amide bonds. The molecule has 0 rings (SSSR count). The number of hydrogen-bond acceptors (Lipinski definition) is 2. The summed E-state index contributed by atoms with van der Waals surface area (Å²) in [5.74, 6) is 0.0806. The van der Waals surface area contributed by atoms with Crippen LogP contribution in [0.3, 0.4) is 0 Å². The Morgan fingerprint density at radius 2 is 1.53 bits per heavy atom. The molecule has 0 aliphatic carbocycles. The first-order valence-electron chi connectivity index (χ1n) is 5.43. The fourth-order valence-corrected chi connectivity index (χ4v) is 3.68. The molecule has 0 bridgehead atoms. The Kier molecular flexibility index (Phi) is 12.3. The monoisotopic (exact) mass is 570 g/mol. The van der Waals surface area contributed by atoms with Gasteiger partial charge in [0.2, 0.25) is 0 Å². The van der Waals surface area contributed by atoms with Crippen LogP contribution in [0, 0.1) is 5.92 Å². The lowest BCUT2D eigenvalue weighted by atomic mass is 9.95. The molecule has 3 atom stereocenters. The quantitative estimate of drug-likeness (QED) is 0.300. The smallest absolute Gasteiger partial charge is 0.303 e. The van der Waals surface area contributed by atoms with E-state index < -0.39 is 13.2 Å². The van der Waals surface area contributed by atoms with Crippen LogP contribution in [0.5, 0.6) is 0 Å². The molecule has 0 heterocycles. The van der Waals surface area contributed by atoms with E-state index in [9.17, 15) is 4.57 Å². The zero-order chi connectivity index (χ0) is 15.1. The molecule has 0 saturated heterocycles.